The largest absolute Gasteiger partial charge is 0.493 e. The summed E-state index contributed by atoms with van der Waals surface area (Å²) >= 11 is 0. The molecule has 0 atom stereocenters. The first kappa shape index (κ1) is 31.7. The van der Waals surface area contributed by atoms with E-state index in [1.807, 2.05) is 67.6 Å². The van der Waals surface area contributed by atoms with E-state index in [1.165, 1.54) is 35.0 Å². The molecule has 0 aliphatic heterocycles. The quantitative estimate of drug-likeness (QED) is 0.162. The van der Waals surface area contributed by atoms with Crippen molar-refractivity contribution in [2.24, 2.45) is 0 Å². The van der Waals surface area contributed by atoms with Gasteiger partial charge in [0.2, 0.25) is 5.95 Å². The fourth-order valence-corrected chi connectivity index (χ4v) is 5.35. The molecule has 0 fully saturated rings. The number of halogens is 1. The van der Waals surface area contributed by atoms with E-state index in [1.54, 1.807) is 31.3 Å². The number of aromatic nitrogens is 3. The summed E-state index contributed by atoms with van der Waals surface area (Å²) in [6.45, 7) is 4.33. The Morgan fingerprint density at radius 3 is 2.42 bits per heavy atom. The summed E-state index contributed by atoms with van der Waals surface area (Å²) in [5, 5.41) is 2.85. The normalized spacial score (nSPS) is 10.8. The van der Waals surface area contributed by atoms with E-state index in [4.69, 9.17) is 15.2 Å². The Morgan fingerprint density at radius 1 is 0.896 bits per heavy atom. The average Bonchev–Trinajstić information content (AvgIpc) is 3.09. The summed E-state index contributed by atoms with van der Waals surface area (Å²) < 4.78 is 26.7. The lowest BCUT2D eigenvalue weighted by Crippen LogP contribution is -2.29. The molecular weight excluding hydrogens is 609 g/mol. The second-order valence-electron chi connectivity index (χ2n) is 10.9. The fraction of sp³-hybridized carbons (Fsp3) is 0.105. The zero-order chi connectivity index (χ0) is 33.6. The zero-order valence-electron chi connectivity index (χ0n) is 26.3. The van der Waals surface area contributed by atoms with Crippen LogP contribution in [-0.4, -0.2) is 27.0 Å². The van der Waals surface area contributed by atoms with Crippen LogP contribution in [0.2, 0.25) is 0 Å². The molecule has 48 heavy (non-hydrogen) atoms. The molecule has 10 heteroatoms. The highest BCUT2D eigenvalue weighted by atomic mass is 19.1. The lowest BCUT2D eigenvalue weighted by molar-refractivity contribution is 0.102. The Morgan fingerprint density at radius 2 is 1.69 bits per heavy atom. The third-order valence-corrected chi connectivity index (χ3v) is 7.65. The summed E-state index contributed by atoms with van der Waals surface area (Å²) in [7, 11) is 0. The van der Waals surface area contributed by atoms with Gasteiger partial charge in [-0.15, -0.1) is 0 Å². The molecule has 3 N–H and O–H groups in total. The maximum absolute atomic E-state index is 13.6. The number of nitrogen functional groups attached to an aromatic ring is 1. The summed E-state index contributed by atoms with van der Waals surface area (Å²) in [5.74, 6) is -0.119. The highest BCUT2D eigenvalue weighted by Crippen LogP contribution is 2.36. The molecule has 4 aromatic carbocycles. The van der Waals surface area contributed by atoms with Crippen LogP contribution in [0.5, 0.6) is 11.5 Å². The summed E-state index contributed by atoms with van der Waals surface area (Å²) in [6.07, 6.45) is 3.10. The van der Waals surface area contributed by atoms with Crippen molar-refractivity contribution < 1.29 is 18.7 Å². The number of benzene rings is 4. The van der Waals surface area contributed by atoms with E-state index in [0.29, 0.717) is 29.4 Å². The molecule has 6 aromatic rings. The predicted molar refractivity (Wildman–Crippen MR) is 184 cm³/mol. The Balaban J connectivity index is 1.30. The molecule has 240 valence electrons. The SMILES string of the molecule is CCOc1ccn(-c2ccc(F)cc2)c(=O)c1C(=O)Nc1ccc(-c2ccc(OCc3ccccc3)c(-c3ccnc(N)n3)c2)c(C)c1. The van der Waals surface area contributed by atoms with Crippen LogP contribution in [0, 0.1) is 12.7 Å². The van der Waals surface area contributed by atoms with E-state index >= 15 is 0 Å². The molecule has 0 bridgehead atoms. The molecule has 0 aliphatic carbocycles. The summed E-state index contributed by atoms with van der Waals surface area (Å²) in [5.41, 5.74) is 11.2. The first-order valence-corrected chi connectivity index (χ1v) is 15.3. The Hall–Kier alpha value is -6.29. The first-order chi connectivity index (χ1) is 23.3. The molecule has 9 nitrogen and oxygen atoms in total. The molecule has 0 radical (unpaired) electrons. The number of hydrogen-bond donors (Lipinski definition) is 2. The van der Waals surface area contributed by atoms with Gasteiger partial charge >= 0.3 is 0 Å². The minimum atomic E-state index is -0.629. The number of carbonyl (C=O) groups excluding carboxylic acids is 1. The Bertz CT molecular complexity index is 2150. The maximum Gasteiger partial charge on any atom is 0.271 e. The van der Waals surface area contributed by atoms with E-state index in [2.05, 4.69) is 15.3 Å². The highest BCUT2D eigenvalue weighted by molar-refractivity contribution is 6.06. The average molecular weight is 642 g/mol. The molecule has 0 spiro atoms. The summed E-state index contributed by atoms with van der Waals surface area (Å²) in [6, 6.07) is 30.0. The molecular formula is C38H32FN5O4. The smallest absolute Gasteiger partial charge is 0.271 e. The van der Waals surface area contributed by atoms with Crippen molar-refractivity contribution in [3.8, 4) is 39.6 Å². The van der Waals surface area contributed by atoms with E-state index in [9.17, 15) is 14.0 Å². The van der Waals surface area contributed by atoms with Crippen molar-refractivity contribution in [1.82, 2.24) is 14.5 Å². The van der Waals surface area contributed by atoms with Crippen LogP contribution in [0.3, 0.4) is 0 Å². The molecule has 0 saturated heterocycles. The number of aryl methyl sites for hydroxylation is 1. The van der Waals surface area contributed by atoms with Gasteiger partial charge < -0.3 is 20.5 Å². The van der Waals surface area contributed by atoms with Crippen LogP contribution in [0.1, 0.15) is 28.4 Å². The van der Waals surface area contributed by atoms with E-state index in [-0.39, 0.29) is 23.9 Å². The van der Waals surface area contributed by atoms with Crippen LogP contribution in [-0.2, 0) is 6.61 Å². The van der Waals surface area contributed by atoms with Gasteiger partial charge in [0, 0.05) is 29.3 Å². The van der Waals surface area contributed by atoms with Crippen LogP contribution in [0.15, 0.2) is 120 Å². The van der Waals surface area contributed by atoms with Crippen molar-refractivity contribution >= 4 is 17.5 Å². The number of ether oxygens (including phenoxy) is 2. The molecule has 0 saturated carbocycles. The Kier molecular flexibility index (Phi) is 9.24. The number of amides is 1. The van der Waals surface area contributed by atoms with Crippen LogP contribution < -0.4 is 26.1 Å². The number of anilines is 2. The molecule has 2 aromatic heterocycles. The minimum Gasteiger partial charge on any atom is -0.493 e. The zero-order valence-corrected chi connectivity index (χ0v) is 26.3. The van der Waals surface area contributed by atoms with Gasteiger partial charge in [0.05, 0.1) is 12.3 Å². The van der Waals surface area contributed by atoms with Crippen molar-refractivity contribution in [3.05, 3.63) is 148 Å². The van der Waals surface area contributed by atoms with Gasteiger partial charge in [0.15, 0.2) is 0 Å². The van der Waals surface area contributed by atoms with Crippen LogP contribution in [0.25, 0.3) is 28.1 Å². The van der Waals surface area contributed by atoms with Crippen molar-refractivity contribution in [1.29, 1.82) is 0 Å². The van der Waals surface area contributed by atoms with Gasteiger partial charge in [-0.2, -0.15) is 0 Å². The van der Waals surface area contributed by atoms with E-state index in [0.717, 1.165) is 27.8 Å². The standard InChI is InChI=1S/C38H32FN5O4/c1-3-47-34-18-20-44(29-13-10-27(39)11-14-29)37(46)35(34)36(45)42-28-12-15-30(24(2)21-28)26-9-16-33(48-23-25-7-5-4-6-8-25)31(22-26)32-17-19-41-38(40)43-32/h4-22H,3,23H2,1-2H3,(H,42,45)(H2,40,41,43). The number of pyridine rings is 1. The highest BCUT2D eigenvalue weighted by Gasteiger charge is 2.21. The Labute approximate surface area is 276 Å². The number of carbonyl (C=O) groups is 1. The molecule has 0 aliphatic rings. The predicted octanol–water partition coefficient (Wildman–Crippen LogP) is 7.22. The number of hydrogen-bond acceptors (Lipinski definition) is 7. The lowest BCUT2D eigenvalue weighted by atomic mass is 9.97. The van der Waals surface area contributed by atoms with E-state index < -0.39 is 17.3 Å². The second-order valence-corrected chi connectivity index (χ2v) is 10.9. The molecule has 1 amide bonds. The topological polar surface area (TPSA) is 121 Å². The van der Waals surface area contributed by atoms with Gasteiger partial charge in [-0.25, -0.2) is 14.4 Å². The van der Waals surface area contributed by atoms with Gasteiger partial charge in [0.25, 0.3) is 11.5 Å². The first-order valence-electron chi connectivity index (χ1n) is 15.3. The van der Waals surface area contributed by atoms with Crippen molar-refractivity contribution in [2.45, 2.75) is 20.5 Å². The third-order valence-electron chi connectivity index (χ3n) is 7.65. The number of nitrogens with one attached hydrogen (secondary N) is 1. The molecule has 6 rings (SSSR count). The van der Waals surface area contributed by atoms with Crippen LogP contribution in [0.4, 0.5) is 16.0 Å². The van der Waals surface area contributed by atoms with Gasteiger partial charge in [0.1, 0.15) is 29.5 Å². The number of nitrogens with zero attached hydrogens (tertiary/aromatic N) is 3. The second kappa shape index (κ2) is 14.0. The monoisotopic (exact) mass is 641 g/mol. The maximum atomic E-state index is 13.6. The number of rotatable bonds is 10. The lowest BCUT2D eigenvalue weighted by Gasteiger charge is -2.16. The third kappa shape index (κ3) is 6.92. The van der Waals surface area contributed by atoms with Crippen molar-refractivity contribution in [3.63, 3.8) is 0 Å². The fourth-order valence-electron chi connectivity index (χ4n) is 5.35. The van der Waals surface area contributed by atoms with Gasteiger partial charge in [-0.1, -0.05) is 42.5 Å². The van der Waals surface area contributed by atoms with Gasteiger partial charge in [-0.05, 0) is 96.8 Å². The minimum absolute atomic E-state index is 0.151. The van der Waals surface area contributed by atoms with Gasteiger partial charge in [-0.3, -0.25) is 14.2 Å². The molecule has 0 unspecified atom stereocenters. The summed E-state index contributed by atoms with van der Waals surface area (Å²) in [4.78, 5) is 35.5. The van der Waals surface area contributed by atoms with Crippen molar-refractivity contribution in [2.75, 3.05) is 17.7 Å². The number of nitrogens with two attached hydrogens (primary N) is 1. The molecule has 2 heterocycles. The van der Waals surface area contributed by atoms with Crippen LogP contribution >= 0.6 is 0 Å².